The van der Waals surface area contributed by atoms with Gasteiger partial charge in [0.15, 0.2) is 0 Å². The van der Waals surface area contributed by atoms with Crippen molar-refractivity contribution >= 4 is 23.4 Å². The molecule has 1 aliphatic carbocycles. The van der Waals surface area contributed by atoms with Crippen LogP contribution < -0.4 is 4.90 Å². The lowest BCUT2D eigenvalue weighted by Gasteiger charge is -2.32. The quantitative estimate of drug-likeness (QED) is 0.727. The van der Waals surface area contributed by atoms with Gasteiger partial charge in [0.05, 0.1) is 12.1 Å². The Balaban J connectivity index is 1.62. The highest BCUT2D eigenvalue weighted by molar-refractivity contribution is 6.23. The summed E-state index contributed by atoms with van der Waals surface area (Å²) in [4.78, 5) is 42.3. The first kappa shape index (κ1) is 19.4. The first-order valence-electron chi connectivity index (χ1n) is 10.4. The average Bonchev–Trinajstić information content (AvgIpc) is 3.07. The fourth-order valence-electron chi connectivity index (χ4n) is 4.41. The van der Waals surface area contributed by atoms with Crippen LogP contribution in [-0.4, -0.2) is 28.7 Å². The van der Waals surface area contributed by atoms with Crippen molar-refractivity contribution in [2.75, 3.05) is 4.90 Å². The van der Waals surface area contributed by atoms with Crippen molar-refractivity contribution < 1.29 is 14.4 Å². The van der Waals surface area contributed by atoms with Gasteiger partial charge in [-0.05, 0) is 30.5 Å². The molecule has 3 amide bonds. The van der Waals surface area contributed by atoms with E-state index < -0.39 is 6.04 Å². The van der Waals surface area contributed by atoms with Crippen molar-refractivity contribution in [1.82, 2.24) is 4.90 Å². The van der Waals surface area contributed by atoms with Crippen molar-refractivity contribution in [3.8, 4) is 0 Å². The minimum atomic E-state index is -0.739. The van der Waals surface area contributed by atoms with E-state index in [4.69, 9.17) is 0 Å². The second kappa shape index (κ2) is 8.60. The van der Waals surface area contributed by atoms with Gasteiger partial charge in [-0.25, -0.2) is 4.90 Å². The van der Waals surface area contributed by atoms with Crippen molar-refractivity contribution in [2.24, 2.45) is 5.92 Å². The van der Waals surface area contributed by atoms with E-state index in [1.54, 1.807) is 29.2 Å². The fraction of sp³-hybridized carbons (Fsp3) is 0.375. The summed E-state index contributed by atoms with van der Waals surface area (Å²) < 4.78 is 0. The fourth-order valence-corrected chi connectivity index (χ4v) is 4.41. The van der Waals surface area contributed by atoms with Crippen LogP contribution in [0.2, 0.25) is 0 Å². The molecule has 4 rings (SSSR count). The van der Waals surface area contributed by atoms with Gasteiger partial charge in [-0.1, -0.05) is 67.8 Å². The van der Waals surface area contributed by atoms with Crippen LogP contribution in [0.5, 0.6) is 0 Å². The zero-order valence-electron chi connectivity index (χ0n) is 16.5. The summed E-state index contributed by atoms with van der Waals surface area (Å²) in [5.74, 6) is -0.599. The highest BCUT2D eigenvalue weighted by Gasteiger charge is 2.45. The van der Waals surface area contributed by atoms with Gasteiger partial charge in [-0.2, -0.15) is 0 Å². The Hall–Kier alpha value is -2.95. The first-order valence-corrected chi connectivity index (χ1v) is 10.4. The van der Waals surface area contributed by atoms with E-state index in [1.165, 1.54) is 4.90 Å². The summed E-state index contributed by atoms with van der Waals surface area (Å²) in [6.07, 6.45) is 5.01. The third-order valence-electron chi connectivity index (χ3n) is 5.95. The highest BCUT2D eigenvalue weighted by Crippen LogP contribution is 2.31. The Bertz CT molecular complexity index is 876. The molecule has 1 heterocycles. The molecule has 0 spiro atoms. The van der Waals surface area contributed by atoms with Crippen molar-refractivity contribution in [3.63, 3.8) is 0 Å². The van der Waals surface area contributed by atoms with Gasteiger partial charge in [-0.3, -0.25) is 14.4 Å². The maximum atomic E-state index is 13.4. The van der Waals surface area contributed by atoms with Crippen molar-refractivity contribution in [3.05, 3.63) is 66.2 Å². The van der Waals surface area contributed by atoms with Crippen LogP contribution in [-0.2, 0) is 20.9 Å². The molecule has 1 atom stereocenters. The predicted molar refractivity (Wildman–Crippen MR) is 111 cm³/mol. The second-order valence-electron chi connectivity index (χ2n) is 7.91. The van der Waals surface area contributed by atoms with E-state index >= 15 is 0 Å². The number of hydrogen-bond donors (Lipinski definition) is 0. The number of benzene rings is 2. The van der Waals surface area contributed by atoms with E-state index in [-0.39, 0.29) is 30.1 Å². The molecule has 29 heavy (non-hydrogen) atoms. The summed E-state index contributed by atoms with van der Waals surface area (Å²) in [5.41, 5.74) is 1.53. The molecule has 0 bridgehead atoms. The molecule has 2 aliphatic rings. The van der Waals surface area contributed by atoms with Crippen molar-refractivity contribution in [1.29, 1.82) is 0 Å². The maximum Gasteiger partial charge on any atom is 0.257 e. The van der Waals surface area contributed by atoms with E-state index in [2.05, 4.69) is 0 Å². The predicted octanol–water partition coefficient (Wildman–Crippen LogP) is 3.93. The van der Waals surface area contributed by atoms with Crippen LogP contribution in [0.15, 0.2) is 60.7 Å². The summed E-state index contributed by atoms with van der Waals surface area (Å²) in [5, 5.41) is 0. The van der Waals surface area contributed by atoms with E-state index in [0.29, 0.717) is 12.2 Å². The summed E-state index contributed by atoms with van der Waals surface area (Å²) in [6, 6.07) is 17.9. The van der Waals surface area contributed by atoms with Crippen LogP contribution in [0.4, 0.5) is 5.69 Å². The van der Waals surface area contributed by atoms with Crippen LogP contribution in [0.3, 0.4) is 0 Å². The van der Waals surface area contributed by atoms with E-state index in [1.807, 2.05) is 36.4 Å². The minimum absolute atomic E-state index is 0.00890. The SMILES string of the molecule is O=C1CC(N(Cc2ccccc2)C(=O)C2CCCCC2)C(=O)N1c1ccccc1. The molecule has 1 aliphatic heterocycles. The van der Waals surface area contributed by atoms with Gasteiger partial charge >= 0.3 is 0 Å². The van der Waals surface area contributed by atoms with E-state index in [0.717, 1.165) is 37.7 Å². The number of anilines is 1. The monoisotopic (exact) mass is 390 g/mol. The smallest absolute Gasteiger partial charge is 0.257 e. The molecule has 5 nitrogen and oxygen atoms in total. The number of para-hydroxylation sites is 1. The molecule has 150 valence electrons. The zero-order chi connectivity index (χ0) is 20.2. The van der Waals surface area contributed by atoms with Gasteiger partial charge in [-0.15, -0.1) is 0 Å². The van der Waals surface area contributed by atoms with Gasteiger partial charge in [0.2, 0.25) is 11.8 Å². The molecule has 1 saturated heterocycles. The Morgan fingerprint density at radius 1 is 0.897 bits per heavy atom. The molecule has 5 heteroatoms. The van der Waals surface area contributed by atoms with Crippen LogP contribution in [0.25, 0.3) is 0 Å². The molecule has 2 aromatic carbocycles. The summed E-state index contributed by atoms with van der Waals surface area (Å²) in [6.45, 7) is 0.350. The molecule has 1 unspecified atom stereocenters. The third kappa shape index (κ3) is 4.09. The lowest BCUT2D eigenvalue weighted by Crippen LogP contribution is -2.47. The van der Waals surface area contributed by atoms with Crippen LogP contribution in [0.1, 0.15) is 44.1 Å². The first-order chi connectivity index (χ1) is 14.1. The number of amides is 3. The summed E-state index contributed by atoms with van der Waals surface area (Å²) >= 11 is 0. The molecule has 0 radical (unpaired) electrons. The van der Waals surface area contributed by atoms with E-state index in [9.17, 15) is 14.4 Å². The number of carbonyl (C=O) groups excluding carboxylic acids is 3. The van der Waals surface area contributed by atoms with Gasteiger partial charge in [0, 0.05) is 12.5 Å². The molecule has 1 saturated carbocycles. The summed E-state index contributed by atoms with van der Waals surface area (Å²) in [7, 11) is 0. The average molecular weight is 390 g/mol. The lowest BCUT2D eigenvalue weighted by molar-refractivity contribution is -0.143. The van der Waals surface area contributed by atoms with Crippen LogP contribution >= 0.6 is 0 Å². The zero-order valence-corrected chi connectivity index (χ0v) is 16.5. The van der Waals surface area contributed by atoms with Gasteiger partial charge in [0.25, 0.3) is 5.91 Å². The Labute approximate surface area is 171 Å². The molecular weight excluding hydrogens is 364 g/mol. The van der Waals surface area contributed by atoms with Gasteiger partial charge < -0.3 is 4.90 Å². The number of imide groups is 1. The number of carbonyl (C=O) groups is 3. The number of nitrogens with zero attached hydrogens (tertiary/aromatic N) is 2. The molecular formula is C24H26N2O3. The minimum Gasteiger partial charge on any atom is -0.326 e. The molecule has 0 aromatic heterocycles. The topological polar surface area (TPSA) is 57.7 Å². The second-order valence-corrected chi connectivity index (χ2v) is 7.91. The third-order valence-corrected chi connectivity index (χ3v) is 5.95. The Morgan fingerprint density at radius 2 is 1.52 bits per heavy atom. The number of hydrogen-bond acceptors (Lipinski definition) is 3. The van der Waals surface area contributed by atoms with Crippen LogP contribution in [0, 0.1) is 5.92 Å². The Kier molecular flexibility index (Phi) is 5.74. The van der Waals surface area contributed by atoms with Gasteiger partial charge in [0.1, 0.15) is 6.04 Å². The highest BCUT2D eigenvalue weighted by atomic mass is 16.2. The Morgan fingerprint density at radius 3 is 2.17 bits per heavy atom. The lowest BCUT2D eigenvalue weighted by atomic mass is 9.87. The number of rotatable bonds is 5. The van der Waals surface area contributed by atoms with Crippen molar-refractivity contribution in [2.45, 2.75) is 51.1 Å². The standard InChI is InChI=1S/C24H26N2O3/c27-22-16-21(24(29)26(22)20-14-8-3-9-15-20)25(17-18-10-4-1-5-11-18)23(28)19-12-6-2-7-13-19/h1,3-5,8-11,14-15,19,21H,2,6-7,12-13,16-17H2. The maximum absolute atomic E-state index is 13.4. The normalized spacial score (nSPS) is 20.1. The molecule has 2 fully saturated rings. The molecule has 2 aromatic rings. The largest absolute Gasteiger partial charge is 0.326 e. The molecule has 0 N–H and O–H groups in total.